The number of carbonyl (C=O) groups is 2. The van der Waals surface area contributed by atoms with Crippen molar-refractivity contribution in [2.24, 2.45) is 0 Å². The quantitative estimate of drug-likeness (QED) is 0.250. The molecule has 0 bridgehead atoms. The molecule has 4 aromatic rings. The standard InChI is InChI=1S/C27H26N2O4S/c1-2-14-33-27(31)24-18-10-4-3-5-13-23(18)34-26(24)29-25(30)19-16-21(22-12-8-15-32-22)28-20-11-7-6-9-17(19)20/h6-9,11-12,15-16H,2-5,10,13-14H2,1H3,(H,29,30). The largest absolute Gasteiger partial charge is 0.463 e. The van der Waals surface area contributed by atoms with Gasteiger partial charge in [0.2, 0.25) is 0 Å². The van der Waals surface area contributed by atoms with Crippen molar-refractivity contribution in [1.29, 1.82) is 0 Å². The number of aryl methyl sites for hydroxylation is 1. The Morgan fingerprint density at radius 1 is 1.12 bits per heavy atom. The number of nitrogens with zero attached hydrogens (tertiary/aromatic N) is 1. The Balaban J connectivity index is 1.55. The number of esters is 1. The Hall–Kier alpha value is -3.45. The van der Waals surface area contributed by atoms with E-state index in [4.69, 9.17) is 9.15 Å². The minimum atomic E-state index is -0.354. The molecule has 0 saturated heterocycles. The summed E-state index contributed by atoms with van der Waals surface area (Å²) in [5.74, 6) is -0.0498. The van der Waals surface area contributed by atoms with E-state index in [1.54, 1.807) is 18.4 Å². The van der Waals surface area contributed by atoms with E-state index in [1.807, 2.05) is 37.3 Å². The molecule has 0 radical (unpaired) electrons. The van der Waals surface area contributed by atoms with E-state index >= 15 is 0 Å². The molecule has 7 heteroatoms. The third-order valence-electron chi connectivity index (χ3n) is 6.02. The Labute approximate surface area is 202 Å². The van der Waals surface area contributed by atoms with Crippen LogP contribution >= 0.6 is 11.3 Å². The molecule has 0 unspecified atom stereocenters. The first-order valence-corrected chi connectivity index (χ1v) is 12.5. The number of anilines is 1. The number of carbonyl (C=O) groups excluding carboxylic acids is 2. The molecule has 5 rings (SSSR count). The SMILES string of the molecule is CCCOC(=O)c1c(NC(=O)c2cc(-c3ccco3)nc3ccccc23)sc2c1CCCCC2. The fraction of sp³-hybridized carbons (Fsp3) is 0.296. The molecule has 1 aliphatic rings. The molecule has 0 fully saturated rings. The number of ether oxygens (including phenoxy) is 1. The lowest BCUT2D eigenvalue weighted by Crippen LogP contribution is -2.16. The number of furan rings is 1. The smallest absolute Gasteiger partial charge is 0.341 e. The summed E-state index contributed by atoms with van der Waals surface area (Å²) in [4.78, 5) is 32.5. The van der Waals surface area contributed by atoms with Crippen LogP contribution in [0.25, 0.3) is 22.4 Å². The Morgan fingerprint density at radius 2 is 1.97 bits per heavy atom. The average Bonchev–Trinajstić information content (AvgIpc) is 3.45. The van der Waals surface area contributed by atoms with Crippen molar-refractivity contribution in [1.82, 2.24) is 4.98 Å². The van der Waals surface area contributed by atoms with E-state index in [2.05, 4.69) is 10.3 Å². The predicted octanol–water partition coefficient (Wildman–Crippen LogP) is 6.64. The van der Waals surface area contributed by atoms with E-state index in [-0.39, 0.29) is 11.9 Å². The molecule has 3 aromatic heterocycles. The van der Waals surface area contributed by atoms with E-state index in [1.165, 1.54) is 16.2 Å². The molecule has 0 saturated carbocycles. The Kier molecular flexibility index (Phi) is 6.45. The maximum atomic E-state index is 13.6. The summed E-state index contributed by atoms with van der Waals surface area (Å²) in [5.41, 5.74) is 3.32. The van der Waals surface area contributed by atoms with Crippen molar-refractivity contribution in [3.05, 3.63) is 70.3 Å². The van der Waals surface area contributed by atoms with Gasteiger partial charge >= 0.3 is 5.97 Å². The zero-order valence-electron chi connectivity index (χ0n) is 19.1. The van der Waals surface area contributed by atoms with E-state index in [0.717, 1.165) is 49.5 Å². The lowest BCUT2D eigenvalue weighted by atomic mass is 10.0. The van der Waals surface area contributed by atoms with Crippen molar-refractivity contribution in [2.45, 2.75) is 45.4 Å². The normalized spacial score (nSPS) is 13.3. The van der Waals surface area contributed by atoms with Crippen LogP contribution in [0.1, 0.15) is 63.8 Å². The molecule has 174 valence electrons. The van der Waals surface area contributed by atoms with Gasteiger partial charge in [0.05, 0.1) is 29.5 Å². The van der Waals surface area contributed by atoms with Crippen LogP contribution in [0.4, 0.5) is 5.00 Å². The van der Waals surface area contributed by atoms with Gasteiger partial charge in [-0.1, -0.05) is 31.5 Å². The van der Waals surface area contributed by atoms with E-state index < -0.39 is 0 Å². The second-order valence-electron chi connectivity index (χ2n) is 8.41. The highest BCUT2D eigenvalue weighted by Gasteiger charge is 2.27. The summed E-state index contributed by atoms with van der Waals surface area (Å²) < 4.78 is 11.0. The summed E-state index contributed by atoms with van der Waals surface area (Å²) in [6.45, 7) is 2.33. The molecule has 1 aromatic carbocycles. The first-order valence-electron chi connectivity index (χ1n) is 11.7. The van der Waals surface area contributed by atoms with Gasteiger partial charge in [0.15, 0.2) is 5.76 Å². The fourth-order valence-electron chi connectivity index (χ4n) is 4.40. The van der Waals surface area contributed by atoms with Gasteiger partial charge in [-0.25, -0.2) is 9.78 Å². The summed E-state index contributed by atoms with van der Waals surface area (Å²) >= 11 is 1.50. The van der Waals surface area contributed by atoms with Gasteiger partial charge in [0, 0.05) is 10.3 Å². The van der Waals surface area contributed by atoms with Crippen molar-refractivity contribution in [3.63, 3.8) is 0 Å². The lowest BCUT2D eigenvalue weighted by Gasteiger charge is -2.11. The van der Waals surface area contributed by atoms with Crippen LogP contribution in [0, 0.1) is 0 Å². The molecular formula is C27H26N2O4S. The van der Waals surface area contributed by atoms with Crippen LogP contribution in [0.5, 0.6) is 0 Å². The molecule has 1 aliphatic carbocycles. The fourth-order valence-corrected chi connectivity index (χ4v) is 5.67. The minimum absolute atomic E-state index is 0.285. The van der Waals surface area contributed by atoms with Crippen LogP contribution in [-0.4, -0.2) is 23.5 Å². The van der Waals surface area contributed by atoms with E-state index in [0.29, 0.717) is 39.7 Å². The predicted molar refractivity (Wildman–Crippen MR) is 134 cm³/mol. The lowest BCUT2D eigenvalue weighted by molar-refractivity contribution is 0.0505. The summed E-state index contributed by atoms with van der Waals surface area (Å²) in [6, 6.07) is 12.9. The zero-order valence-corrected chi connectivity index (χ0v) is 19.9. The van der Waals surface area contributed by atoms with Gasteiger partial charge in [0.1, 0.15) is 10.7 Å². The number of para-hydroxylation sites is 1. The summed E-state index contributed by atoms with van der Waals surface area (Å²) in [6.07, 6.45) is 7.35. The van der Waals surface area contributed by atoms with Crippen molar-refractivity contribution >= 4 is 39.1 Å². The zero-order chi connectivity index (χ0) is 23.5. The molecule has 1 amide bonds. The molecule has 6 nitrogen and oxygen atoms in total. The minimum Gasteiger partial charge on any atom is -0.463 e. The maximum absolute atomic E-state index is 13.6. The topological polar surface area (TPSA) is 81.4 Å². The highest BCUT2D eigenvalue weighted by atomic mass is 32.1. The average molecular weight is 475 g/mol. The van der Waals surface area contributed by atoms with Crippen LogP contribution in [0.2, 0.25) is 0 Å². The third kappa shape index (κ3) is 4.35. The number of pyridine rings is 1. The van der Waals surface area contributed by atoms with Crippen molar-refractivity contribution in [2.75, 3.05) is 11.9 Å². The number of benzene rings is 1. The molecule has 0 aliphatic heterocycles. The van der Waals surface area contributed by atoms with Crippen LogP contribution < -0.4 is 5.32 Å². The monoisotopic (exact) mass is 474 g/mol. The molecule has 3 heterocycles. The Morgan fingerprint density at radius 3 is 2.79 bits per heavy atom. The molecule has 0 atom stereocenters. The molecular weight excluding hydrogens is 448 g/mol. The van der Waals surface area contributed by atoms with Crippen LogP contribution in [-0.2, 0) is 17.6 Å². The molecule has 1 N–H and O–H groups in total. The molecule has 34 heavy (non-hydrogen) atoms. The highest BCUT2D eigenvalue weighted by Crippen LogP contribution is 2.38. The van der Waals surface area contributed by atoms with Gasteiger partial charge in [-0.05, 0) is 61.9 Å². The van der Waals surface area contributed by atoms with Gasteiger partial charge in [-0.15, -0.1) is 11.3 Å². The van der Waals surface area contributed by atoms with Gasteiger partial charge in [-0.2, -0.15) is 0 Å². The van der Waals surface area contributed by atoms with Gasteiger partial charge in [0.25, 0.3) is 5.91 Å². The third-order valence-corrected chi connectivity index (χ3v) is 7.23. The number of thiophene rings is 1. The maximum Gasteiger partial charge on any atom is 0.341 e. The van der Waals surface area contributed by atoms with Gasteiger partial charge in [-0.3, -0.25) is 4.79 Å². The highest BCUT2D eigenvalue weighted by molar-refractivity contribution is 7.17. The number of hydrogen-bond acceptors (Lipinski definition) is 6. The summed E-state index contributed by atoms with van der Waals surface area (Å²) in [7, 11) is 0. The first kappa shape index (κ1) is 22.3. The second kappa shape index (κ2) is 9.81. The molecule has 0 spiro atoms. The second-order valence-corrected chi connectivity index (χ2v) is 9.51. The first-order chi connectivity index (χ1) is 16.7. The van der Waals surface area contributed by atoms with Crippen molar-refractivity contribution < 1.29 is 18.7 Å². The van der Waals surface area contributed by atoms with E-state index in [9.17, 15) is 9.59 Å². The van der Waals surface area contributed by atoms with Crippen LogP contribution in [0.15, 0.2) is 53.1 Å². The number of fused-ring (bicyclic) bond motifs is 2. The number of aromatic nitrogens is 1. The number of nitrogens with one attached hydrogen (secondary N) is 1. The summed E-state index contributed by atoms with van der Waals surface area (Å²) in [5, 5.41) is 4.35. The Bertz CT molecular complexity index is 1340. The number of amides is 1. The number of hydrogen-bond donors (Lipinski definition) is 1. The number of rotatable bonds is 6. The van der Waals surface area contributed by atoms with Crippen LogP contribution in [0.3, 0.4) is 0 Å². The van der Waals surface area contributed by atoms with Gasteiger partial charge < -0.3 is 14.5 Å². The van der Waals surface area contributed by atoms with Crippen molar-refractivity contribution in [3.8, 4) is 11.5 Å².